The monoisotopic (exact) mass is 1950 g/mol. The number of hydrogen-bond acceptors (Lipinski definition) is 14. The van der Waals surface area contributed by atoms with Crippen molar-refractivity contribution in [3.8, 4) is 44.5 Å². The number of alkyl carbamates (subject to hydrolysis) is 1. The number of carbonyl (C=O) groups is 6. The number of unbranched alkanes of at least 4 members (excludes halogenated alkanes) is 1. The molecular formula is C97H104BBrClF10N10NaO13. The van der Waals surface area contributed by atoms with E-state index < -0.39 is 89.3 Å². The second-order valence-corrected chi connectivity index (χ2v) is 30.3. The van der Waals surface area contributed by atoms with E-state index in [-0.39, 0.29) is 170 Å². The van der Waals surface area contributed by atoms with Gasteiger partial charge in [-0.2, -0.15) is 0 Å². The van der Waals surface area contributed by atoms with Gasteiger partial charge in [-0.25, -0.2) is 63.1 Å². The maximum Gasteiger partial charge on any atom is 1.00 e. The SMILES string of the molecule is C.C.C.C.CCCC[C@@H](CNC(=O)c1[nH]c2c(F)cccc2c1-c1ccc(F)cc1)NC(=O)OC(C)(C)C.COC(=O)c1[nH]c2c(F)cccc2c1-c1ccc(F)cc1.COC(=O)c1[nH]c2c(F)cccc2c1Br.Cl.NCCC[C@H](N)CNC(=O)c1[nH]c2c(F)cccc2c1-c1ccc(F)cc1.O=C(O)c1[nH]c2c(F)cccc2c1-c1ccc(F)cc1.OB(O)c1ccc(F)cc1.[Na+].[OH-]. The summed E-state index contributed by atoms with van der Waals surface area (Å²) in [6.45, 7) is 8.36. The predicted molar refractivity (Wildman–Crippen MR) is 506 cm³/mol. The summed E-state index contributed by atoms with van der Waals surface area (Å²) in [6.07, 6.45) is 3.36. The molecule has 134 heavy (non-hydrogen) atoms. The molecule has 708 valence electrons. The second kappa shape index (κ2) is 53.4. The third-order valence-corrected chi connectivity index (χ3v) is 20.3. The molecule has 2 atom stereocenters. The minimum atomic E-state index is -1.51. The van der Waals surface area contributed by atoms with Crippen LogP contribution in [0.25, 0.3) is 99.0 Å². The Bertz CT molecular complexity index is 6410. The molecule has 15 rings (SSSR count). The van der Waals surface area contributed by atoms with Crippen LogP contribution in [-0.2, 0) is 14.2 Å². The normalized spacial score (nSPS) is 10.8. The van der Waals surface area contributed by atoms with Gasteiger partial charge in [0.1, 0.15) is 92.2 Å². The fourth-order valence-electron chi connectivity index (χ4n) is 13.4. The Hall–Kier alpha value is -12.5. The maximum absolute atomic E-state index is 14.5. The number of carboxylic acids is 1. The number of ether oxygens (including phenoxy) is 3. The summed E-state index contributed by atoms with van der Waals surface area (Å²) < 4.78 is 150. The first-order valence-corrected chi connectivity index (χ1v) is 40.2. The molecule has 0 aliphatic rings. The third kappa shape index (κ3) is 29.5. The molecule has 0 unspecified atom stereocenters. The summed E-state index contributed by atoms with van der Waals surface area (Å²) in [5.74, 6) is -7.52. The molecule has 10 aromatic carbocycles. The number of hydrogen-bond donors (Lipinski definition) is 13. The van der Waals surface area contributed by atoms with Crippen molar-refractivity contribution < 1.29 is 137 Å². The Kier molecular flexibility index (Phi) is 46.1. The van der Waals surface area contributed by atoms with Gasteiger partial charge in [-0.05, 0) is 181 Å². The molecule has 0 spiro atoms. The van der Waals surface area contributed by atoms with Crippen molar-refractivity contribution in [2.24, 2.45) is 11.5 Å². The zero-order valence-electron chi connectivity index (χ0n) is 70.8. The maximum atomic E-state index is 14.5. The molecule has 0 radical (unpaired) electrons. The quantitative estimate of drug-likeness (QED) is 0.0138. The van der Waals surface area contributed by atoms with Gasteiger partial charge in [-0.3, -0.25) is 9.59 Å². The van der Waals surface area contributed by atoms with Crippen LogP contribution >= 0.6 is 28.3 Å². The zero-order valence-corrected chi connectivity index (χ0v) is 75.2. The van der Waals surface area contributed by atoms with E-state index in [4.69, 9.17) is 31.0 Å². The van der Waals surface area contributed by atoms with Crippen LogP contribution in [0.15, 0.2) is 217 Å². The van der Waals surface area contributed by atoms with Crippen molar-refractivity contribution in [1.29, 1.82) is 0 Å². The Morgan fingerprint density at radius 1 is 0.440 bits per heavy atom. The van der Waals surface area contributed by atoms with E-state index in [1.54, 1.807) is 99.6 Å². The fraction of sp³-hybridized carbons (Fsp3) is 0.216. The van der Waals surface area contributed by atoms with Crippen molar-refractivity contribution in [3.63, 3.8) is 0 Å². The van der Waals surface area contributed by atoms with E-state index in [1.807, 2.05) is 6.92 Å². The summed E-state index contributed by atoms with van der Waals surface area (Å²) in [5.41, 5.74) is 17.0. The van der Waals surface area contributed by atoms with Crippen LogP contribution in [0.1, 0.15) is 142 Å². The van der Waals surface area contributed by atoms with Crippen LogP contribution in [0, 0.1) is 58.2 Å². The van der Waals surface area contributed by atoms with Gasteiger partial charge in [-0.1, -0.05) is 171 Å². The van der Waals surface area contributed by atoms with Gasteiger partial charge in [-0.15, -0.1) is 12.4 Å². The third-order valence-electron chi connectivity index (χ3n) is 19.4. The molecule has 0 fully saturated rings. The first-order chi connectivity index (χ1) is 60.6. The van der Waals surface area contributed by atoms with Gasteiger partial charge < -0.3 is 87.2 Å². The number of methoxy groups -OCH3 is 2. The van der Waals surface area contributed by atoms with Crippen LogP contribution < -0.4 is 62.4 Å². The summed E-state index contributed by atoms with van der Waals surface area (Å²) in [6, 6.07) is 49.6. The topological polar surface area (TPSA) is 388 Å². The number of fused-ring (bicyclic) bond motifs is 5. The number of aromatic amines is 5. The number of H-pyrrole nitrogens is 5. The largest absolute Gasteiger partial charge is 1.00 e. The van der Waals surface area contributed by atoms with Crippen molar-refractivity contribution in [1.82, 2.24) is 40.9 Å². The predicted octanol–water partition coefficient (Wildman–Crippen LogP) is 18.7. The molecule has 0 bridgehead atoms. The Balaban J connectivity index is 0.000000423. The molecule has 0 aliphatic heterocycles. The summed E-state index contributed by atoms with van der Waals surface area (Å²) in [5, 5.41) is 37.5. The van der Waals surface area contributed by atoms with E-state index >= 15 is 0 Å². The average Bonchev–Trinajstić information content (AvgIpc) is 1.88. The van der Waals surface area contributed by atoms with Crippen molar-refractivity contribution in [2.75, 3.05) is 33.9 Å². The first-order valence-electron chi connectivity index (χ1n) is 39.4. The van der Waals surface area contributed by atoms with Gasteiger partial charge in [0.25, 0.3) is 11.8 Å². The number of carboxylic acid groups (broad SMARTS) is 1. The number of nitrogens with two attached hydrogens (primary N) is 2. The van der Waals surface area contributed by atoms with Gasteiger partial charge in [0, 0.05) is 74.4 Å². The number of esters is 2. The summed E-state index contributed by atoms with van der Waals surface area (Å²) >= 11 is 3.23. The van der Waals surface area contributed by atoms with Crippen LogP contribution in [-0.4, -0.2) is 140 Å². The van der Waals surface area contributed by atoms with E-state index in [0.717, 1.165) is 19.3 Å². The molecule has 3 amide bonds. The number of nitrogens with one attached hydrogen (secondary N) is 8. The van der Waals surface area contributed by atoms with Crippen molar-refractivity contribution in [2.45, 2.75) is 107 Å². The van der Waals surface area contributed by atoms with E-state index in [9.17, 15) is 77.8 Å². The molecule has 37 heteroatoms. The number of para-hydroxylation sites is 5. The minimum Gasteiger partial charge on any atom is -0.870 e. The Morgan fingerprint density at radius 3 is 1.06 bits per heavy atom. The van der Waals surface area contributed by atoms with E-state index in [2.05, 4.69) is 61.5 Å². The minimum absolute atomic E-state index is 0. The molecule has 23 nitrogen and oxygen atoms in total. The molecule has 0 aliphatic carbocycles. The second-order valence-electron chi connectivity index (χ2n) is 29.5. The summed E-state index contributed by atoms with van der Waals surface area (Å²) in [4.78, 5) is 86.5. The fourth-order valence-corrected chi connectivity index (χ4v) is 14.0. The molecule has 5 heterocycles. The van der Waals surface area contributed by atoms with Gasteiger partial charge >= 0.3 is 60.7 Å². The molecule has 0 saturated carbocycles. The number of aromatic nitrogens is 5. The zero-order chi connectivity index (χ0) is 92.1. The van der Waals surface area contributed by atoms with Gasteiger partial charge in [0.2, 0.25) is 0 Å². The number of benzene rings is 10. The molecule has 16 N–H and O–H groups in total. The smallest absolute Gasteiger partial charge is 0.870 e. The average molecular weight is 1960 g/mol. The number of aromatic carboxylic acids is 1. The van der Waals surface area contributed by atoms with E-state index in [0.29, 0.717) is 106 Å². The number of rotatable bonds is 21. The molecule has 0 saturated heterocycles. The standard InChI is InChI=1S/C26H31F2N3O3.C20H22F2N4O.C16H11F2NO2.C15H9F2NO2.C10H7BrFNO2.C6H6BFO2.4CH4.ClH.Na.H2O/c1-5-6-8-18(30-25(33)34-26(2,3)4)15-29-24(32)23-21(16-11-13-17(27)14-12-16)19-9-7-10-20(28)22(19)31-23;21-13-8-6-12(7-9-13)17-15-4-1-5-16(22)18(15)26-19(17)20(27)25-11-14(24)3-2-10-23;1-21-16(20)15-13(9-5-7-10(17)8-6-9)11-3-2-4-12(18)14(11)19-15;16-9-6-4-8(5-7-9)12-10-2-1-3-11(17)13(10)18-14(12)15(19)20;1-15-10(14)9-7(11)5-3-2-4-6(12)8(5)13-9;8-6-3-1-5(2-4-6)7(9)10;;;;;;;/h7,9-14,18,31H,5-6,8,15H2,1-4H3,(H,29,32)(H,30,33);1,4-9,14,26H,2-3,10-11,23-24H2,(H,25,27);2-8,19H,1H3;1-7,18H,(H,19,20);2-4,13H,1H3;1-4,9-10H;4*1H4;1H;;1H2/q;;;;;;;;;;;+1;/p-1/t18-;14-;;;;;;;;;;;/m00.........../s1. The Morgan fingerprint density at radius 2 is 0.739 bits per heavy atom. The first kappa shape index (κ1) is 116. The number of carbonyl (C=O) groups excluding carboxylic acids is 5. The van der Waals surface area contributed by atoms with Crippen molar-refractivity contribution >= 4 is 131 Å². The van der Waals surface area contributed by atoms with Crippen LogP contribution in [0.3, 0.4) is 0 Å². The van der Waals surface area contributed by atoms with Crippen LogP contribution in [0.4, 0.5) is 48.7 Å². The molecule has 5 aromatic heterocycles. The number of halogens is 12. The summed E-state index contributed by atoms with van der Waals surface area (Å²) in [7, 11) is 1.01. The molecule has 15 aromatic rings. The van der Waals surface area contributed by atoms with Gasteiger partial charge in [0.05, 0.1) is 46.3 Å². The van der Waals surface area contributed by atoms with Crippen LogP contribution in [0.2, 0.25) is 0 Å². The van der Waals surface area contributed by atoms with E-state index in [1.165, 1.54) is 148 Å². The van der Waals surface area contributed by atoms with Gasteiger partial charge in [0.15, 0.2) is 0 Å². The van der Waals surface area contributed by atoms with Crippen molar-refractivity contribution in [3.05, 3.63) is 303 Å². The Labute approximate surface area is 804 Å². The number of amides is 3. The molecular weight excluding hydrogens is 1850 g/mol. The van der Waals surface area contributed by atoms with Crippen LogP contribution in [0.5, 0.6) is 0 Å².